The van der Waals surface area contributed by atoms with Gasteiger partial charge in [-0.1, -0.05) is 0 Å². The zero-order chi connectivity index (χ0) is 7.78. The van der Waals surface area contributed by atoms with Gasteiger partial charge in [0.25, 0.3) is 0 Å². The molecular formula is C7H13NO2. The lowest BCUT2D eigenvalue weighted by Gasteiger charge is -2.22. The van der Waals surface area contributed by atoms with Gasteiger partial charge in [0.05, 0.1) is 18.6 Å². The van der Waals surface area contributed by atoms with Crippen LogP contribution in [-0.2, 0) is 9.53 Å². The van der Waals surface area contributed by atoms with Crippen molar-refractivity contribution in [1.82, 2.24) is 0 Å². The zero-order valence-electron chi connectivity index (χ0n) is 6.39. The Bertz CT molecular complexity index is 158. The van der Waals surface area contributed by atoms with Gasteiger partial charge in [0.1, 0.15) is 5.78 Å². The quantitative estimate of drug-likeness (QED) is 0.559. The number of rotatable bonds is 1. The molecule has 1 saturated heterocycles. The van der Waals surface area contributed by atoms with Gasteiger partial charge in [0.2, 0.25) is 0 Å². The fraction of sp³-hybridized carbons (Fsp3) is 0.857. The Hall–Kier alpha value is -0.410. The summed E-state index contributed by atoms with van der Waals surface area (Å²) in [6.45, 7) is 4.40. The van der Waals surface area contributed by atoms with Crippen LogP contribution in [0, 0.1) is 5.41 Å². The van der Waals surface area contributed by atoms with Gasteiger partial charge in [-0.2, -0.15) is 0 Å². The molecule has 2 unspecified atom stereocenters. The van der Waals surface area contributed by atoms with Gasteiger partial charge in [-0.25, -0.2) is 0 Å². The number of carbonyl (C=O) groups excluding carboxylic acids is 1. The molecule has 1 aliphatic heterocycles. The van der Waals surface area contributed by atoms with Crippen molar-refractivity contribution in [2.75, 3.05) is 13.2 Å². The highest BCUT2D eigenvalue weighted by atomic mass is 16.5. The van der Waals surface area contributed by atoms with Gasteiger partial charge in [-0.05, 0) is 13.8 Å². The summed E-state index contributed by atoms with van der Waals surface area (Å²) >= 11 is 0. The maximum atomic E-state index is 11.0. The molecule has 2 atom stereocenters. The molecule has 3 nitrogen and oxygen atoms in total. The first-order chi connectivity index (χ1) is 4.57. The lowest BCUT2D eigenvalue weighted by molar-refractivity contribution is -0.126. The van der Waals surface area contributed by atoms with Gasteiger partial charge in [-0.3, -0.25) is 4.79 Å². The Morgan fingerprint density at radius 2 is 2.40 bits per heavy atom. The van der Waals surface area contributed by atoms with Crippen LogP contribution < -0.4 is 5.73 Å². The monoisotopic (exact) mass is 143 g/mol. The first kappa shape index (κ1) is 7.69. The Morgan fingerprint density at radius 1 is 1.80 bits per heavy atom. The molecule has 1 heterocycles. The molecule has 1 aliphatic rings. The predicted molar refractivity (Wildman–Crippen MR) is 37.6 cm³/mol. The van der Waals surface area contributed by atoms with Gasteiger partial charge in [-0.15, -0.1) is 0 Å². The van der Waals surface area contributed by atoms with Crippen molar-refractivity contribution in [2.24, 2.45) is 11.1 Å². The van der Waals surface area contributed by atoms with Crippen LogP contribution in [0.5, 0.6) is 0 Å². The standard InChI is InChI=1S/C7H13NO2/c1-5(9)7(2)4-10-3-6(7)8/h6H,3-4,8H2,1-2H3. The summed E-state index contributed by atoms with van der Waals surface area (Å²) < 4.78 is 5.09. The van der Waals surface area contributed by atoms with Crippen molar-refractivity contribution in [3.05, 3.63) is 0 Å². The molecule has 0 bridgehead atoms. The third kappa shape index (κ3) is 0.954. The Labute approximate surface area is 60.5 Å². The molecule has 0 radical (unpaired) electrons. The van der Waals surface area contributed by atoms with Gasteiger partial charge < -0.3 is 10.5 Å². The normalized spacial score (nSPS) is 40.1. The topological polar surface area (TPSA) is 52.3 Å². The minimum Gasteiger partial charge on any atom is -0.379 e. The largest absolute Gasteiger partial charge is 0.379 e. The van der Waals surface area contributed by atoms with Gasteiger partial charge in [0.15, 0.2) is 0 Å². The van der Waals surface area contributed by atoms with E-state index in [0.717, 1.165) is 0 Å². The van der Waals surface area contributed by atoms with Crippen LogP contribution in [0.4, 0.5) is 0 Å². The maximum absolute atomic E-state index is 11.0. The van der Waals surface area contributed by atoms with Crippen LogP contribution in [0.1, 0.15) is 13.8 Å². The molecule has 0 aromatic rings. The molecule has 0 saturated carbocycles. The molecule has 58 valence electrons. The number of hydrogen-bond donors (Lipinski definition) is 1. The van der Waals surface area contributed by atoms with Crippen molar-refractivity contribution in [2.45, 2.75) is 19.9 Å². The highest BCUT2D eigenvalue weighted by Gasteiger charge is 2.41. The summed E-state index contributed by atoms with van der Waals surface area (Å²) in [6.07, 6.45) is 0. The van der Waals surface area contributed by atoms with Crippen LogP contribution in [0.3, 0.4) is 0 Å². The molecule has 3 heteroatoms. The summed E-state index contributed by atoms with van der Waals surface area (Å²) in [5.74, 6) is 0.123. The Kier molecular flexibility index (Phi) is 1.79. The number of carbonyl (C=O) groups is 1. The summed E-state index contributed by atoms with van der Waals surface area (Å²) in [5, 5.41) is 0. The zero-order valence-corrected chi connectivity index (χ0v) is 6.39. The average Bonchev–Trinajstić information content (AvgIpc) is 2.15. The number of ether oxygens (including phenoxy) is 1. The lowest BCUT2D eigenvalue weighted by atomic mass is 9.82. The number of ketones is 1. The van der Waals surface area contributed by atoms with Gasteiger partial charge in [0, 0.05) is 6.04 Å². The van der Waals surface area contributed by atoms with Crippen molar-refractivity contribution < 1.29 is 9.53 Å². The second-order valence-electron chi connectivity index (χ2n) is 3.10. The smallest absolute Gasteiger partial charge is 0.139 e. The van der Waals surface area contributed by atoms with E-state index in [4.69, 9.17) is 10.5 Å². The number of Topliss-reactive ketones (excluding diaryl/α,β-unsaturated/α-hetero) is 1. The second-order valence-corrected chi connectivity index (χ2v) is 3.10. The van der Waals surface area contributed by atoms with Crippen LogP contribution >= 0.6 is 0 Å². The molecule has 0 amide bonds. The highest BCUT2D eigenvalue weighted by molar-refractivity contribution is 5.83. The summed E-state index contributed by atoms with van der Waals surface area (Å²) in [5.41, 5.74) is 5.24. The summed E-state index contributed by atoms with van der Waals surface area (Å²) in [4.78, 5) is 11.0. The summed E-state index contributed by atoms with van der Waals surface area (Å²) in [7, 11) is 0. The molecule has 1 rings (SSSR count). The molecule has 0 aromatic heterocycles. The highest BCUT2D eigenvalue weighted by Crippen LogP contribution is 2.27. The van der Waals surface area contributed by atoms with Crippen molar-refractivity contribution in [3.63, 3.8) is 0 Å². The predicted octanol–water partition coefficient (Wildman–Crippen LogP) is -0.0608. The average molecular weight is 143 g/mol. The van der Waals surface area contributed by atoms with Gasteiger partial charge >= 0.3 is 0 Å². The molecule has 0 aliphatic carbocycles. The lowest BCUT2D eigenvalue weighted by Crippen LogP contribution is -2.43. The van der Waals surface area contributed by atoms with E-state index in [2.05, 4.69) is 0 Å². The van der Waals surface area contributed by atoms with E-state index >= 15 is 0 Å². The third-order valence-corrected chi connectivity index (χ3v) is 2.32. The Balaban J connectivity index is 2.75. The first-order valence-electron chi connectivity index (χ1n) is 3.42. The van der Waals surface area contributed by atoms with E-state index in [1.807, 2.05) is 6.92 Å². The molecule has 0 aromatic carbocycles. The minimum atomic E-state index is -0.431. The molecule has 1 fully saturated rings. The van der Waals surface area contributed by atoms with Crippen LogP contribution in [-0.4, -0.2) is 25.0 Å². The van der Waals surface area contributed by atoms with Crippen LogP contribution in [0.2, 0.25) is 0 Å². The molecule has 0 spiro atoms. The fourth-order valence-electron chi connectivity index (χ4n) is 1.05. The number of nitrogens with two attached hydrogens (primary N) is 1. The second kappa shape index (κ2) is 2.32. The van der Waals surface area contributed by atoms with Crippen molar-refractivity contribution in [1.29, 1.82) is 0 Å². The van der Waals surface area contributed by atoms with E-state index in [0.29, 0.717) is 13.2 Å². The van der Waals surface area contributed by atoms with E-state index in [-0.39, 0.29) is 11.8 Å². The van der Waals surface area contributed by atoms with Crippen molar-refractivity contribution in [3.8, 4) is 0 Å². The molecule has 2 N–H and O–H groups in total. The van der Waals surface area contributed by atoms with E-state index in [1.54, 1.807) is 6.92 Å². The van der Waals surface area contributed by atoms with Crippen molar-refractivity contribution >= 4 is 5.78 Å². The van der Waals surface area contributed by atoms with E-state index in [9.17, 15) is 4.79 Å². The summed E-state index contributed by atoms with van der Waals surface area (Å²) in [6, 6.07) is -0.120. The number of hydrogen-bond acceptors (Lipinski definition) is 3. The molecule has 10 heavy (non-hydrogen) atoms. The Morgan fingerprint density at radius 3 is 2.60 bits per heavy atom. The third-order valence-electron chi connectivity index (χ3n) is 2.32. The fourth-order valence-corrected chi connectivity index (χ4v) is 1.05. The molecular weight excluding hydrogens is 130 g/mol. The SMILES string of the molecule is CC(=O)C1(C)COCC1N. The van der Waals surface area contributed by atoms with E-state index in [1.165, 1.54) is 0 Å². The first-order valence-corrected chi connectivity index (χ1v) is 3.42. The van der Waals surface area contributed by atoms with E-state index < -0.39 is 5.41 Å². The van der Waals surface area contributed by atoms with Crippen LogP contribution in [0.25, 0.3) is 0 Å². The van der Waals surface area contributed by atoms with Crippen LogP contribution in [0.15, 0.2) is 0 Å². The minimum absolute atomic E-state index is 0.120. The maximum Gasteiger partial charge on any atom is 0.139 e.